The first kappa shape index (κ1) is 26.4. The Bertz CT molecular complexity index is 1540. The number of ether oxygens (including phenoxy) is 2. The number of carbonyl (C=O) groups excluding carboxylic acids is 1. The van der Waals surface area contributed by atoms with Gasteiger partial charge in [-0.15, -0.1) is 0 Å². The number of fused-ring (bicyclic) bond motifs is 3. The van der Waals surface area contributed by atoms with Gasteiger partial charge in [-0.3, -0.25) is 4.90 Å². The van der Waals surface area contributed by atoms with Crippen molar-refractivity contribution in [2.24, 2.45) is 0 Å². The molecule has 0 radical (unpaired) electrons. The third-order valence-electron chi connectivity index (χ3n) is 7.12. The lowest BCUT2D eigenvalue weighted by Gasteiger charge is -2.35. The Morgan fingerprint density at radius 3 is 2.52 bits per heavy atom. The summed E-state index contributed by atoms with van der Waals surface area (Å²) >= 11 is 12.3. The van der Waals surface area contributed by atoms with Crippen LogP contribution in [-0.2, 0) is 6.42 Å². The van der Waals surface area contributed by atoms with Gasteiger partial charge in [-0.2, -0.15) is 0 Å². The number of aromatic nitrogens is 1. The maximum absolute atomic E-state index is 13.5. The number of hydrogen-bond acceptors (Lipinski definition) is 6. The van der Waals surface area contributed by atoms with Gasteiger partial charge in [-0.05, 0) is 72.1 Å². The molecule has 6 rings (SSSR count). The van der Waals surface area contributed by atoms with Crippen molar-refractivity contribution in [3.05, 3.63) is 106 Å². The molecule has 4 aromatic rings. The van der Waals surface area contributed by atoms with Crippen molar-refractivity contribution in [2.45, 2.75) is 18.6 Å². The molecule has 2 aliphatic heterocycles. The molecule has 0 aliphatic carbocycles. The predicted molar refractivity (Wildman–Crippen MR) is 155 cm³/mol. The Labute approximate surface area is 241 Å². The van der Waals surface area contributed by atoms with E-state index in [9.17, 15) is 9.90 Å². The number of β-amino-alcohol motifs (C(OH)–C–C–N with tert-alkyl or cyclic N) is 1. The van der Waals surface area contributed by atoms with Gasteiger partial charge >= 0.3 is 6.09 Å². The average molecular weight is 579 g/mol. The fraction of sp³-hybridized carbons (Fsp3) is 0.233. The van der Waals surface area contributed by atoms with Crippen molar-refractivity contribution in [1.82, 2.24) is 20.1 Å². The number of nitrogens with one attached hydrogen (secondary N) is 2. The van der Waals surface area contributed by atoms with E-state index in [4.69, 9.17) is 32.7 Å². The maximum Gasteiger partial charge on any atom is 0.416 e. The van der Waals surface area contributed by atoms with Gasteiger partial charge in [0.1, 0.15) is 30.3 Å². The van der Waals surface area contributed by atoms with E-state index >= 15 is 0 Å². The van der Waals surface area contributed by atoms with Gasteiger partial charge in [0.15, 0.2) is 0 Å². The smallest absolute Gasteiger partial charge is 0.416 e. The molecule has 0 saturated heterocycles. The molecule has 1 aromatic heterocycles. The fourth-order valence-electron chi connectivity index (χ4n) is 5.23. The van der Waals surface area contributed by atoms with Crippen LogP contribution in [0.15, 0.2) is 79.1 Å². The maximum atomic E-state index is 13.5. The number of aromatic amines is 1. The number of benzene rings is 3. The highest BCUT2D eigenvalue weighted by molar-refractivity contribution is 6.31. The predicted octanol–water partition coefficient (Wildman–Crippen LogP) is 5.69. The van der Waals surface area contributed by atoms with Crippen LogP contribution in [0.3, 0.4) is 0 Å². The Hall–Kier alpha value is -3.85. The van der Waals surface area contributed by atoms with Gasteiger partial charge in [-0.1, -0.05) is 35.3 Å². The van der Waals surface area contributed by atoms with E-state index < -0.39 is 18.2 Å². The van der Waals surface area contributed by atoms with Gasteiger partial charge in [0.2, 0.25) is 0 Å². The van der Waals surface area contributed by atoms with Crippen molar-refractivity contribution >= 4 is 40.2 Å². The molecule has 8 nitrogen and oxygen atoms in total. The number of hydrogen-bond donors (Lipinski definition) is 3. The molecule has 2 atom stereocenters. The number of H-pyrrole nitrogens is 1. The summed E-state index contributed by atoms with van der Waals surface area (Å²) in [5, 5.41) is 15.7. The van der Waals surface area contributed by atoms with Crippen LogP contribution in [0, 0.1) is 0 Å². The lowest BCUT2D eigenvalue weighted by atomic mass is 9.92. The summed E-state index contributed by atoms with van der Waals surface area (Å²) in [5.74, 6) is 1.05. The molecule has 3 N–H and O–H groups in total. The van der Waals surface area contributed by atoms with Crippen LogP contribution in [0.2, 0.25) is 10.0 Å². The number of carbonyl (C=O) groups is 1. The summed E-state index contributed by atoms with van der Waals surface area (Å²) in [5.41, 5.74) is 3.91. The molecule has 3 heterocycles. The Balaban J connectivity index is 1.26. The summed E-state index contributed by atoms with van der Waals surface area (Å²) in [4.78, 5) is 20.7. The summed E-state index contributed by atoms with van der Waals surface area (Å²) in [6, 6.07) is 19.7. The minimum Gasteiger partial charge on any atom is -0.491 e. The fourth-order valence-corrected chi connectivity index (χ4v) is 5.53. The van der Waals surface area contributed by atoms with Gasteiger partial charge in [0.25, 0.3) is 0 Å². The number of amides is 1. The van der Waals surface area contributed by atoms with E-state index in [1.807, 2.05) is 59.8 Å². The van der Waals surface area contributed by atoms with Crippen molar-refractivity contribution in [3.8, 4) is 11.5 Å². The molecule has 0 bridgehead atoms. The Morgan fingerprint density at radius 1 is 1.02 bits per heavy atom. The molecule has 3 aromatic carbocycles. The van der Waals surface area contributed by atoms with Crippen LogP contribution in [-0.4, -0.2) is 58.5 Å². The topological polar surface area (TPSA) is 90.1 Å². The van der Waals surface area contributed by atoms with E-state index in [0.717, 1.165) is 27.7 Å². The lowest BCUT2D eigenvalue weighted by molar-refractivity contribution is 0.0831. The normalized spacial score (nSPS) is 17.0. The number of halogens is 2. The molecule has 2 aliphatic rings. The minimum atomic E-state index is -0.638. The Kier molecular flexibility index (Phi) is 7.47. The second kappa shape index (κ2) is 11.3. The molecule has 40 heavy (non-hydrogen) atoms. The van der Waals surface area contributed by atoms with Crippen LogP contribution in [0.5, 0.6) is 11.5 Å². The quantitative estimate of drug-likeness (QED) is 0.261. The molecule has 206 valence electrons. The third-order valence-corrected chi connectivity index (χ3v) is 7.61. The SMILES string of the molecule is O=C(Oc1ccc(Cl)cc1)N1CCc2c([nH]c3ccc(Cl)cc23)C1c1ccc(OCC(O)CN2C=CNC2)cc1. The standard InChI is InChI=1S/C30H28Cl2N4O4/c31-20-3-8-24(9-4-20)40-30(38)36-13-11-25-26-15-21(32)5-10-27(26)34-28(25)29(36)19-1-6-23(7-2-19)39-17-22(37)16-35-14-12-33-18-35/h1-10,12,14-15,22,29,33-34,37H,11,13,16-18H2. The van der Waals surface area contributed by atoms with Crippen LogP contribution >= 0.6 is 23.2 Å². The lowest BCUT2D eigenvalue weighted by Crippen LogP contribution is -2.42. The van der Waals surface area contributed by atoms with Crippen LogP contribution in [0.4, 0.5) is 4.79 Å². The first-order chi connectivity index (χ1) is 19.4. The molecule has 1 amide bonds. The molecule has 10 heteroatoms. The number of rotatable bonds is 7. The summed E-state index contributed by atoms with van der Waals surface area (Å²) in [7, 11) is 0. The zero-order valence-corrected chi connectivity index (χ0v) is 23.0. The van der Waals surface area contributed by atoms with E-state index in [2.05, 4.69) is 10.3 Å². The second-order valence-corrected chi connectivity index (χ2v) is 10.7. The van der Waals surface area contributed by atoms with Gasteiger partial charge < -0.3 is 29.8 Å². The molecule has 0 spiro atoms. The van der Waals surface area contributed by atoms with E-state index in [1.165, 1.54) is 0 Å². The zero-order chi connectivity index (χ0) is 27.6. The van der Waals surface area contributed by atoms with Gasteiger partial charge in [-0.25, -0.2) is 4.79 Å². The van der Waals surface area contributed by atoms with Crippen LogP contribution in [0.1, 0.15) is 22.9 Å². The van der Waals surface area contributed by atoms with E-state index in [-0.39, 0.29) is 6.61 Å². The van der Waals surface area contributed by atoms with Crippen LogP contribution in [0.25, 0.3) is 10.9 Å². The summed E-state index contributed by atoms with van der Waals surface area (Å²) in [6.07, 6.45) is 3.31. The highest BCUT2D eigenvalue weighted by atomic mass is 35.5. The van der Waals surface area contributed by atoms with Crippen molar-refractivity contribution in [2.75, 3.05) is 26.4 Å². The van der Waals surface area contributed by atoms with Crippen molar-refractivity contribution < 1.29 is 19.4 Å². The highest BCUT2D eigenvalue weighted by Gasteiger charge is 2.35. The van der Waals surface area contributed by atoms with E-state index in [1.54, 1.807) is 29.2 Å². The number of aliphatic hydroxyl groups is 1. The molecular formula is C30H28Cl2N4O4. The largest absolute Gasteiger partial charge is 0.491 e. The number of nitrogens with zero attached hydrogens (tertiary/aromatic N) is 2. The van der Waals surface area contributed by atoms with Crippen molar-refractivity contribution in [3.63, 3.8) is 0 Å². The second-order valence-electron chi connectivity index (χ2n) is 9.86. The number of aliphatic hydroxyl groups excluding tert-OH is 1. The minimum absolute atomic E-state index is 0.166. The first-order valence-electron chi connectivity index (χ1n) is 13.0. The summed E-state index contributed by atoms with van der Waals surface area (Å²) < 4.78 is 11.6. The van der Waals surface area contributed by atoms with E-state index in [0.29, 0.717) is 47.7 Å². The van der Waals surface area contributed by atoms with Gasteiger partial charge in [0, 0.05) is 52.1 Å². The van der Waals surface area contributed by atoms with Crippen molar-refractivity contribution in [1.29, 1.82) is 0 Å². The molecular weight excluding hydrogens is 551 g/mol. The van der Waals surface area contributed by atoms with Crippen LogP contribution < -0.4 is 14.8 Å². The zero-order valence-electron chi connectivity index (χ0n) is 21.5. The molecule has 0 fully saturated rings. The average Bonchev–Trinajstić information content (AvgIpc) is 3.60. The monoisotopic (exact) mass is 578 g/mol. The third kappa shape index (κ3) is 5.56. The molecule has 0 saturated carbocycles. The molecule has 2 unspecified atom stereocenters. The summed E-state index contributed by atoms with van der Waals surface area (Å²) in [6.45, 7) is 1.78. The Morgan fingerprint density at radius 2 is 1.77 bits per heavy atom. The first-order valence-corrected chi connectivity index (χ1v) is 13.8. The highest BCUT2D eigenvalue weighted by Crippen LogP contribution is 2.40. The van der Waals surface area contributed by atoms with Gasteiger partial charge in [0.05, 0.1) is 6.67 Å².